The van der Waals surface area contributed by atoms with Gasteiger partial charge in [-0.2, -0.15) is 0 Å². The average molecular weight is 499 g/mol. The molecule has 5 nitrogen and oxygen atoms in total. The van der Waals surface area contributed by atoms with Gasteiger partial charge in [-0.05, 0) is 37.9 Å². The molecule has 36 heavy (non-hydrogen) atoms. The van der Waals surface area contributed by atoms with Crippen molar-refractivity contribution in [2.45, 2.75) is 37.3 Å². The number of amides is 1. The highest BCUT2D eigenvalue weighted by Crippen LogP contribution is 2.38. The topological polar surface area (TPSA) is 72.9 Å². The molecule has 4 rings (SSSR count). The molecule has 4 aromatic rings. The number of rotatable bonds is 13. The van der Waals surface area contributed by atoms with Gasteiger partial charge >= 0.3 is 0 Å². The van der Waals surface area contributed by atoms with E-state index < -0.39 is 0 Å². The number of aromatic nitrogens is 2. The van der Waals surface area contributed by atoms with Crippen LogP contribution in [0.25, 0.3) is 28.2 Å². The predicted molar refractivity (Wildman–Crippen MR) is 150 cm³/mol. The quantitative estimate of drug-likeness (QED) is 0.167. The predicted octanol–water partition coefficient (Wildman–Crippen LogP) is 6.32. The van der Waals surface area contributed by atoms with Gasteiger partial charge in [0, 0.05) is 35.5 Å². The first-order valence-corrected chi connectivity index (χ1v) is 13.6. The lowest BCUT2D eigenvalue weighted by Crippen LogP contribution is -2.24. The number of unbranched alkanes of at least 4 members (excludes halogenated alkanes) is 2. The summed E-state index contributed by atoms with van der Waals surface area (Å²) in [6, 6.07) is 31.2. The van der Waals surface area contributed by atoms with Gasteiger partial charge in [0.05, 0.1) is 11.4 Å². The average Bonchev–Trinajstić information content (AvgIpc) is 3.32. The number of benzene rings is 3. The maximum atomic E-state index is 12.1. The van der Waals surface area contributed by atoms with E-state index >= 15 is 0 Å². The minimum atomic E-state index is 0.125. The second-order valence-electron chi connectivity index (χ2n) is 8.65. The maximum absolute atomic E-state index is 12.1. The molecule has 0 fully saturated rings. The number of imidazole rings is 1. The molecule has 0 bridgehead atoms. The van der Waals surface area contributed by atoms with Crippen LogP contribution >= 0.6 is 11.8 Å². The van der Waals surface area contributed by atoms with Crippen LogP contribution in [0, 0.1) is 0 Å². The highest BCUT2D eigenvalue weighted by molar-refractivity contribution is 7.99. The number of carbonyl (C=O) groups is 1. The first kappa shape index (κ1) is 25.7. The van der Waals surface area contributed by atoms with Crippen LogP contribution in [0.3, 0.4) is 0 Å². The van der Waals surface area contributed by atoms with Crippen molar-refractivity contribution < 1.29 is 4.79 Å². The van der Waals surface area contributed by atoms with Gasteiger partial charge in [0.25, 0.3) is 0 Å². The van der Waals surface area contributed by atoms with Crippen LogP contribution in [0.1, 0.15) is 32.1 Å². The molecule has 1 heterocycles. The number of nitrogens with zero attached hydrogens (tertiary/aromatic N) is 2. The van der Waals surface area contributed by atoms with Crippen molar-refractivity contribution in [3.63, 3.8) is 0 Å². The molecule has 0 spiro atoms. The normalized spacial score (nSPS) is 10.9. The van der Waals surface area contributed by atoms with E-state index in [0.29, 0.717) is 19.5 Å². The van der Waals surface area contributed by atoms with Gasteiger partial charge < -0.3 is 11.1 Å². The minimum absolute atomic E-state index is 0.125. The second-order valence-corrected chi connectivity index (χ2v) is 9.71. The van der Waals surface area contributed by atoms with Gasteiger partial charge in [0.1, 0.15) is 0 Å². The first-order chi connectivity index (χ1) is 17.8. The third kappa shape index (κ3) is 6.86. The Morgan fingerprint density at radius 1 is 0.806 bits per heavy atom. The molecule has 0 radical (unpaired) electrons. The minimum Gasteiger partial charge on any atom is -0.356 e. The fourth-order valence-electron chi connectivity index (χ4n) is 4.13. The lowest BCUT2D eigenvalue weighted by atomic mass is 10.0. The van der Waals surface area contributed by atoms with Crippen molar-refractivity contribution in [3.8, 4) is 28.2 Å². The van der Waals surface area contributed by atoms with Crippen molar-refractivity contribution >= 4 is 17.7 Å². The Hall–Kier alpha value is -3.35. The smallest absolute Gasteiger partial charge is 0.219 e. The number of nitrogens with two attached hydrogens (primary N) is 1. The summed E-state index contributed by atoms with van der Waals surface area (Å²) in [5.41, 5.74) is 10.9. The van der Waals surface area contributed by atoms with E-state index in [-0.39, 0.29) is 5.91 Å². The molecule has 186 valence electrons. The number of carbonyl (C=O) groups excluding carboxylic acids is 1. The summed E-state index contributed by atoms with van der Waals surface area (Å²) < 4.78 is 2.26. The molecule has 0 saturated heterocycles. The number of thioether (sulfide) groups is 1. The van der Waals surface area contributed by atoms with Crippen LogP contribution in [-0.2, 0) is 4.79 Å². The molecule has 6 heteroatoms. The number of para-hydroxylation sites is 1. The third-order valence-electron chi connectivity index (χ3n) is 5.94. The van der Waals surface area contributed by atoms with E-state index in [0.717, 1.165) is 64.8 Å². The fourth-order valence-corrected chi connectivity index (χ4v) is 5.08. The summed E-state index contributed by atoms with van der Waals surface area (Å²) in [6.45, 7) is 1.36. The van der Waals surface area contributed by atoms with Crippen molar-refractivity contribution in [2.75, 3.05) is 18.8 Å². The summed E-state index contributed by atoms with van der Waals surface area (Å²) in [7, 11) is 0. The highest BCUT2D eigenvalue weighted by atomic mass is 32.2. The molecule has 0 saturated carbocycles. The molecule has 3 aromatic carbocycles. The van der Waals surface area contributed by atoms with E-state index in [2.05, 4.69) is 82.7 Å². The Kier molecular flexibility index (Phi) is 9.77. The Labute approximate surface area is 218 Å². The molecule has 0 aliphatic heterocycles. The van der Waals surface area contributed by atoms with Crippen LogP contribution in [-0.4, -0.2) is 34.3 Å². The molecule has 0 atom stereocenters. The maximum Gasteiger partial charge on any atom is 0.219 e. The summed E-state index contributed by atoms with van der Waals surface area (Å²) >= 11 is 1.73. The van der Waals surface area contributed by atoms with E-state index in [1.807, 2.05) is 18.2 Å². The Morgan fingerprint density at radius 2 is 1.44 bits per heavy atom. The van der Waals surface area contributed by atoms with E-state index in [9.17, 15) is 4.79 Å². The zero-order valence-electron chi connectivity index (χ0n) is 20.6. The zero-order chi connectivity index (χ0) is 25.0. The molecule has 0 aliphatic rings. The van der Waals surface area contributed by atoms with Crippen LogP contribution in [0.4, 0.5) is 0 Å². The van der Waals surface area contributed by atoms with Crippen molar-refractivity contribution in [1.82, 2.24) is 14.9 Å². The van der Waals surface area contributed by atoms with E-state index in [1.54, 1.807) is 11.8 Å². The molecule has 0 unspecified atom stereocenters. The summed E-state index contributed by atoms with van der Waals surface area (Å²) in [6.07, 6.45) is 4.34. The van der Waals surface area contributed by atoms with Crippen molar-refractivity contribution in [2.24, 2.45) is 5.73 Å². The van der Waals surface area contributed by atoms with E-state index in [4.69, 9.17) is 10.7 Å². The number of hydrogen-bond acceptors (Lipinski definition) is 4. The van der Waals surface area contributed by atoms with Crippen LogP contribution < -0.4 is 11.1 Å². The van der Waals surface area contributed by atoms with Gasteiger partial charge in [-0.15, -0.1) is 0 Å². The fraction of sp³-hybridized carbons (Fsp3) is 0.267. The van der Waals surface area contributed by atoms with Gasteiger partial charge in [0.15, 0.2) is 5.16 Å². The largest absolute Gasteiger partial charge is 0.356 e. The second kappa shape index (κ2) is 13.7. The number of hydrogen-bond donors (Lipinski definition) is 2. The van der Waals surface area contributed by atoms with Gasteiger partial charge in [-0.25, -0.2) is 4.98 Å². The van der Waals surface area contributed by atoms with Crippen LogP contribution in [0.2, 0.25) is 0 Å². The van der Waals surface area contributed by atoms with Crippen LogP contribution in [0.5, 0.6) is 0 Å². The standard InChI is InChI=1S/C30H34N4OS/c31-21-12-4-11-20-27(35)32-22-13-23-36-30-33-28(24-14-5-1-6-15-24)29(25-16-7-2-8-17-25)34(30)26-18-9-3-10-19-26/h1-3,5-10,14-19H,4,11-13,20-23,31H2,(H,32,35). The highest BCUT2D eigenvalue weighted by Gasteiger charge is 2.21. The summed E-state index contributed by atoms with van der Waals surface area (Å²) in [4.78, 5) is 17.2. The van der Waals surface area contributed by atoms with Crippen molar-refractivity contribution in [1.29, 1.82) is 0 Å². The molecule has 3 N–H and O–H groups in total. The van der Waals surface area contributed by atoms with Crippen LogP contribution in [0.15, 0.2) is 96.2 Å². The molecule has 0 aliphatic carbocycles. The van der Waals surface area contributed by atoms with Gasteiger partial charge in [-0.3, -0.25) is 9.36 Å². The number of nitrogens with one attached hydrogen (secondary N) is 1. The van der Waals surface area contributed by atoms with Gasteiger partial charge in [-0.1, -0.05) is 97.0 Å². The van der Waals surface area contributed by atoms with Gasteiger partial charge in [0.2, 0.25) is 5.91 Å². The zero-order valence-corrected chi connectivity index (χ0v) is 21.4. The molecular weight excluding hydrogens is 464 g/mol. The Balaban J connectivity index is 1.55. The summed E-state index contributed by atoms with van der Waals surface area (Å²) in [5.74, 6) is 0.986. The Bertz CT molecular complexity index is 1210. The Morgan fingerprint density at radius 3 is 2.11 bits per heavy atom. The molecule has 1 aromatic heterocycles. The summed E-state index contributed by atoms with van der Waals surface area (Å²) in [5, 5.41) is 4.00. The first-order valence-electron chi connectivity index (χ1n) is 12.7. The van der Waals surface area contributed by atoms with Crippen molar-refractivity contribution in [3.05, 3.63) is 91.0 Å². The SMILES string of the molecule is NCCCCCC(=O)NCCCSc1nc(-c2ccccc2)c(-c2ccccc2)n1-c1ccccc1. The molecule has 1 amide bonds. The lowest BCUT2D eigenvalue weighted by Gasteiger charge is -2.13. The third-order valence-corrected chi connectivity index (χ3v) is 6.96. The molecular formula is C30H34N4OS. The van der Waals surface area contributed by atoms with E-state index in [1.165, 1.54) is 0 Å². The lowest BCUT2D eigenvalue weighted by molar-refractivity contribution is -0.121. The monoisotopic (exact) mass is 498 g/mol.